The predicted octanol–water partition coefficient (Wildman–Crippen LogP) is 4.63. The van der Waals surface area contributed by atoms with Crippen LogP contribution in [0.4, 0.5) is 0 Å². The third-order valence-electron chi connectivity index (χ3n) is 7.29. The Kier molecular flexibility index (Phi) is 8.98. The van der Waals surface area contributed by atoms with E-state index in [0.717, 1.165) is 15.6 Å². The third-order valence-corrected chi connectivity index (χ3v) is 9.24. The Morgan fingerprint density at radius 1 is 1.12 bits per heavy atom. The van der Waals surface area contributed by atoms with Crippen molar-refractivity contribution in [1.82, 2.24) is 19.8 Å². The minimum Gasteiger partial charge on any atom is -0.480 e. The molecule has 2 aromatic carbocycles. The van der Waals surface area contributed by atoms with E-state index in [1.807, 2.05) is 52.4 Å². The summed E-state index contributed by atoms with van der Waals surface area (Å²) >= 11 is 14.2. The van der Waals surface area contributed by atoms with Crippen molar-refractivity contribution in [2.45, 2.75) is 37.5 Å². The summed E-state index contributed by atoms with van der Waals surface area (Å²) in [7, 11) is 0. The van der Waals surface area contributed by atoms with E-state index < -0.39 is 23.5 Å². The summed E-state index contributed by atoms with van der Waals surface area (Å²) < 4.78 is 2.71. The first kappa shape index (κ1) is 29.8. The number of carboxylic acids is 1. The number of carbonyl (C=O) groups excluding carboxylic acids is 2. The van der Waals surface area contributed by atoms with Crippen molar-refractivity contribution in [3.8, 4) is 0 Å². The number of thiophene rings is 1. The maximum absolute atomic E-state index is 13.0. The van der Waals surface area contributed by atoms with Gasteiger partial charge in [0.2, 0.25) is 5.91 Å². The Balaban J connectivity index is 1.16. The number of hydrogen-bond donors (Lipinski definition) is 3. The van der Waals surface area contributed by atoms with Gasteiger partial charge >= 0.3 is 5.97 Å². The molecule has 1 unspecified atom stereocenters. The zero-order valence-electron chi connectivity index (χ0n) is 22.4. The van der Waals surface area contributed by atoms with E-state index >= 15 is 0 Å². The fourth-order valence-electron chi connectivity index (χ4n) is 4.87. The summed E-state index contributed by atoms with van der Waals surface area (Å²) in [4.78, 5) is 43.6. The van der Waals surface area contributed by atoms with E-state index in [0.29, 0.717) is 27.8 Å². The van der Waals surface area contributed by atoms with Crippen LogP contribution in [-0.4, -0.2) is 67.2 Å². The van der Waals surface area contributed by atoms with E-state index in [-0.39, 0.29) is 38.3 Å². The van der Waals surface area contributed by atoms with Gasteiger partial charge in [0.15, 0.2) is 0 Å². The SMILES string of the molecule is O=C(O)C(Cc1cn(Cc2ccccc2)cn1)NC(=O)C1(O)CCN(C(=O)C=Cc2cc3ccsc3c(Cl)c2Cl)CC1. The highest BCUT2D eigenvalue weighted by Gasteiger charge is 2.41. The van der Waals surface area contributed by atoms with Gasteiger partial charge in [-0.25, -0.2) is 9.78 Å². The van der Waals surface area contributed by atoms with Gasteiger partial charge in [-0.2, -0.15) is 0 Å². The van der Waals surface area contributed by atoms with Gasteiger partial charge in [-0.05, 0) is 40.1 Å². The topological polar surface area (TPSA) is 125 Å². The fourth-order valence-corrected chi connectivity index (χ4v) is 6.31. The van der Waals surface area contributed by atoms with Gasteiger partial charge in [-0.15, -0.1) is 11.3 Å². The molecule has 1 atom stereocenters. The Labute approximate surface area is 256 Å². The van der Waals surface area contributed by atoms with Gasteiger partial charge in [0.1, 0.15) is 11.6 Å². The Bertz CT molecular complexity index is 1640. The van der Waals surface area contributed by atoms with Crippen molar-refractivity contribution < 1.29 is 24.6 Å². The number of benzene rings is 2. The van der Waals surface area contributed by atoms with Crippen LogP contribution in [-0.2, 0) is 27.3 Å². The maximum Gasteiger partial charge on any atom is 0.326 e. The zero-order chi connectivity index (χ0) is 29.9. The molecule has 42 heavy (non-hydrogen) atoms. The van der Waals surface area contributed by atoms with Crippen LogP contribution in [0.15, 0.2) is 66.4 Å². The molecule has 1 fully saturated rings. The van der Waals surface area contributed by atoms with E-state index in [1.165, 1.54) is 22.3 Å². The van der Waals surface area contributed by atoms with Crippen LogP contribution in [0.2, 0.25) is 10.0 Å². The number of likely N-dealkylation sites (tertiary alicyclic amines) is 1. The standard InChI is InChI=1S/C30H28Cl2N4O5S/c31-25-20(14-21-8-13-42-27(21)26(25)32)6-7-24(37)36-11-9-30(41,10-12-36)29(40)34-23(28(38)39)15-22-17-35(18-33-22)16-19-4-2-1-3-5-19/h1-8,13-14,17-18,23,41H,9-12,15-16H2,(H,34,40)(H,38,39). The van der Waals surface area contributed by atoms with Gasteiger partial charge in [0, 0.05) is 51.2 Å². The number of rotatable bonds is 9. The largest absolute Gasteiger partial charge is 0.480 e. The molecule has 2 aromatic heterocycles. The molecule has 0 bridgehead atoms. The van der Waals surface area contributed by atoms with Crippen molar-refractivity contribution in [3.63, 3.8) is 0 Å². The molecular weight excluding hydrogens is 599 g/mol. The third kappa shape index (κ3) is 6.68. The first-order chi connectivity index (χ1) is 20.1. The smallest absolute Gasteiger partial charge is 0.326 e. The lowest BCUT2D eigenvalue weighted by Gasteiger charge is -2.37. The molecule has 0 radical (unpaired) electrons. The Morgan fingerprint density at radius 3 is 2.57 bits per heavy atom. The molecule has 1 aliphatic heterocycles. The van der Waals surface area contributed by atoms with Crippen molar-refractivity contribution in [3.05, 3.63) is 93.3 Å². The molecule has 9 nitrogen and oxygen atoms in total. The van der Waals surface area contributed by atoms with Crippen LogP contribution in [0, 0.1) is 0 Å². The van der Waals surface area contributed by atoms with Crippen LogP contribution >= 0.6 is 34.5 Å². The molecule has 3 heterocycles. The van der Waals surface area contributed by atoms with E-state index in [1.54, 1.807) is 18.6 Å². The fraction of sp³-hybridized carbons (Fsp3) is 0.267. The number of carbonyl (C=O) groups is 3. The summed E-state index contributed by atoms with van der Waals surface area (Å²) in [5, 5.41) is 26.9. The number of aliphatic hydroxyl groups is 1. The molecule has 218 valence electrons. The van der Waals surface area contributed by atoms with Gasteiger partial charge in [0.25, 0.3) is 5.91 Å². The zero-order valence-corrected chi connectivity index (χ0v) is 24.7. The molecular formula is C30H28Cl2N4O5S. The summed E-state index contributed by atoms with van der Waals surface area (Å²) in [6.45, 7) is 0.812. The molecule has 0 aliphatic carbocycles. The highest BCUT2D eigenvalue weighted by atomic mass is 35.5. The highest BCUT2D eigenvalue weighted by Crippen LogP contribution is 2.37. The number of aromatic nitrogens is 2. The number of aliphatic carboxylic acids is 1. The van der Waals surface area contributed by atoms with Crippen molar-refractivity contribution in [1.29, 1.82) is 0 Å². The van der Waals surface area contributed by atoms with Crippen LogP contribution < -0.4 is 5.32 Å². The molecule has 3 N–H and O–H groups in total. The molecule has 4 aromatic rings. The minimum absolute atomic E-state index is 0.0378. The quantitative estimate of drug-likeness (QED) is 0.233. The lowest BCUT2D eigenvalue weighted by Crippen LogP contribution is -2.57. The average molecular weight is 628 g/mol. The van der Waals surface area contributed by atoms with Crippen molar-refractivity contribution in [2.24, 2.45) is 0 Å². The van der Waals surface area contributed by atoms with E-state index in [9.17, 15) is 24.6 Å². The molecule has 2 amide bonds. The van der Waals surface area contributed by atoms with Crippen LogP contribution in [0.3, 0.4) is 0 Å². The van der Waals surface area contributed by atoms with E-state index in [2.05, 4.69) is 10.3 Å². The first-order valence-electron chi connectivity index (χ1n) is 13.3. The van der Waals surface area contributed by atoms with Crippen molar-refractivity contribution in [2.75, 3.05) is 13.1 Å². The number of piperidine rings is 1. The summed E-state index contributed by atoms with van der Waals surface area (Å²) in [5.74, 6) is -2.32. The summed E-state index contributed by atoms with van der Waals surface area (Å²) in [6, 6.07) is 12.3. The second kappa shape index (κ2) is 12.7. The molecule has 12 heteroatoms. The van der Waals surface area contributed by atoms with Gasteiger partial charge in [0.05, 0.1) is 26.8 Å². The normalized spacial score (nSPS) is 15.6. The highest BCUT2D eigenvalue weighted by molar-refractivity contribution is 7.18. The second-order valence-corrected chi connectivity index (χ2v) is 11.9. The van der Waals surface area contributed by atoms with Gasteiger partial charge in [-0.1, -0.05) is 53.5 Å². The number of halogens is 2. The molecule has 5 rings (SSSR count). The number of nitrogens with one attached hydrogen (secondary N) is 1. The van der Waals surface area contributed by atoms with Crippen LogP contribution in [0.5, 0.6) is 0 Å². The number of amides is 2. The van der Waals surface area contributed by atoms with Gasteiger partial charge in [-0.3, -0.25) is 9.59 Å². The number of fused-ring (bicyclic) bond motifs is 1. The number of hydrogen-bond acceptors (Lipinski definition) is 6. The van der Waals surface area contributed by atoms with E-state index in [4.69, 9.17) is 23.2 Å². The van der Waals surface area contributed by atoms with Crippen LogP contribution in [0.25, 0.3) is 16.2 Å². The lowest BCUT2D eigenvalue weighted by atomic mass is 9.90. The molecule has 1 saturated heterocycles. The second-order valence-electron chi connectivity index (χ2n) is 10.2. The van der Waals surface area contributed by atoms with Gasteiger partial charge < -0.3 is 25.0 Å². The summed E-state index contributed by atoms with van der Waals surface area (Å²) in [5.41, 5.74) is 0.373. The lowest BCUT2D eigenvalue weighted by molar-refractivity contribution is -0.152. The molecule has 0 spiro atoms. The monoisotopic (exact) mass is 626 g/mol. The number of nitrogens with zero attached hydrogens (tertiary/aromatic N) is 3. The summed E-state index contributed by atoms with van der Waals surface area (Å²) in [6.07, 6.45) is 6.21. The molecule has 1 aliphatic rings. The Morgan fingerprint density at radius 2 is 1.86 bits per heavy atom. The predicted molar refractivity (Wildman–Crippen MR) is 163 cm³/mol. The van der Waals surface area contributed by atoms with Crippen molar-refractivity contribution >= 4 is 68.5 Å². The Hall–Kier alpha value is -3.70. The van der Waals surface area contributed by atoms with Crippen LogP contribution in [0.1, 0.15) is 29.7 Å². The number of carboxylic acid groups (broad SMARTS) is 1. The molecule has 0 saturated carbocycles. The maximum atomic E-state index is 13.0. The average Bonchev–Trinajstić information content (AvgIpc) is 3.64. The number of imidazole rings is 1. The minimum atomic E-state index is -1.80. The first-order valence-corrected chi connectivity index (χ1v) is 14.9.